The lowest BCUT2D eigenvalue weighted by Gasteiger charge is -2.41. The second kappa shape index (κ2) is 10.3. The molecule has 7 nitrogen and oxygen atoms in total. The number of nitrogens with zero attached hydrogens (tertiary/aromatic N) is 2. The number of alkyl halides is 2. The van der Waals surface area contributed by atoms with Crippen LogP contribution in [-0.2, 0) is 14.3 Å². The molecule has 1 aliphatic heterocycles. The third kappa shape index (κ3) is 7.69. The molecule has 42 heavy (non-hydrogen) atoms. The van der Waals surface area contributed by atoms with Gasteiger partial charge in [-0.3, -0.25) is 19.5 Å². The molecule has 0 radical (unpaired) electrons. The standard InChI is InChI=1S/C26H30F8N4O3S/c1-25(2)15-36-21(14-41-25)24(40)38(19-3-5-20(6-4-19)42(30,31,32,33)34)22(16-11-17(27)13-35-12-16)23(39)37-18-7-9-26(28,29)10-8-18/h3-6,11-13,18,21-22,36H,7-10,14-15H2,1-2H3,(H,37,39)/t21-,22?/m1/s1. The first kappa shape index (κ1) is 31.9. The number of morpholine rings is 1. The number of halogens is 8. The molecule has 1 saturated heterocycles. The molecular weight excluding hydrogens is 600 g/mol. The molecule has 2 amide bonds. The number of benzene rings is 1. The molecule has 2 fully saturated rings. The normalized spacial score (nSPS) is 23.2. The van der Waals surface area contributed by atoms with Gasteiger partial charge in [-0.2, -0.15) is 0 Å². The Morgan fingerprint density at radius 1 is 1.07 bits per heavy atom. The Hall–Kier alpha value is -2.98. The van der Waals surface area contributed by atoms with E-state index in [4.69, 9.17) is 4.74 Å². The van der Waals surface area contributed by atoms with Gasteiger partial charge in [0.2, 0.25) is 17.7 Å². The number of hydrogen-bond donors (Lipinski definition) is 2. The van der Waals surface area contributed by atoms with Crippen molar-refractivity contribution in [3.8, 4) is 0 Å². The van der Waals surface area contributed by atoms with Crippen molar-refractivity contribution in [1.29, 1.82) is 0 Å². The minimum absolute atomic E-state index is 0.0904. The number of hydrogen-bond acceptors (Lipinski definition) is 5. The number of rotatable bonds is 7. The van der Waals surface area contributed by atoms with Crippen LogP contribution in [0.3, 0.4) is 0 Å². The average molecular weight is 631 g/mol. The molecule has 0 spiro atoms. The average Bonchev–Trinajstić information content (AvgIpc) is 2.87. The molecule has 2 atom stereocenters. The van der Waals surface area contributed by atoms with Gasteiger partial charge >= 0.3 is 10.2 Å². The molecule has 1 aliphatic carbocycles. The first-order chi connectivity index (χ1) is 19.1. The summed E-state index contributed by atoms with van der Waals surface area (Å²) >= 11 is 0. The summed E-state index contributed by atoms with van der Waals surface area (Å²) in [7, 11) is -10.1. The van der Waals surface area contributed by atoms with Crippen molar-refractivity contribution in [3.63, 3.8) is 0 Å². The lowest BCUT2D eigenvalue weighted by Crippen LogP contribution is -2.59. The highest BCUT2D eigenvalue weighted by Gasteiger charge is 2.65. The van der Waals surface area contributed by atoms with Crippen LogP contribution < -0.4 is 15.5 Å². The van der Waals surface area contributed by atoms with E-state index < -0.39 is 80.9 Å². The van der Waals surface area contributed by atoms with Crippen molar-refractivity contribution < 1.29 is 46.9 Å². The van der Waals surface area contributed by atoms with Gasteiger partial charge in [-0.25, -0.2) is 13.2 Å². The van der Waals surface area contributed by atoms with Crippen molar-refractivity contribution in [3.05, 3.63) is 54.1 Å². The van der Waals surface area contributed by atoms with Crippen molar-refractivity contribution in [1.82, 2.24) is 15.6 Å². The van der Waals surface area contributed by atoms with Crippen LogP contribution in [0.25, 0.3) is 0 Å². The highest BCUT2D eigenvalue weighted by Crippen LogP contribution is 3.02. The van der Waals surface area contributed by atoms with E-state index in [1.165, 1.54) is 0 Å². The second-order valence-corrected chi connectivity index (χ2v) is 13.6. The molecule has 1 unspecified atom stereocenters. The molecule has 1 aromatic heterocycles. The highest BCUT2D eigenvalue weighted by molar-refractivity contribution is 8.45. The Labute approximate surface area is 236 Å². The van der Waals surface area contributed by atoms with Gasteiger partial charge in [-0.05, 0) is 57.0 Å². The SMILES string of the molecule is CC1(C)CN[C@@H](C(=O)N(c2ccc(S(F)(F)(F)(F)F)cc2)C(C(=O)NC2CCC(F)(F)CC2)c2cncc(F)c2)CO1. The number of carbonyl (C=O) groups is 2. The molecule has 1 aromatic carbocycles. The summed E-state index contributed by atoms with van der Waals surface area (Å²) in [5, 5.41) is 5.52. The lowest BCUT2D eigenvalue weighted by atomic mass is 9.91. The maximum atomic E-state index is 14.3. The van der Waals surface area contributed by atoms with E-state index in [9.17, 15) is 42.2 Å². The maximum Gasteiger partial charge on any atom is 0.310 e. The summed E-state index contributed by atoms with van der Waals surface area (Å²) in [6, 6.07) is -1.39. The predicted molar refractivity (Wildman–Crippen MR) is 139 cm³/mol. The summed E-state index contributed by atoms with van der Waals surface area (Å²) in [6.07, 6.45) is 0.637. The Bertz CT molecular complexity index is 1320. The van der Waals surface area contributed by atoms with E-state index in [0.717, 1.165) is 23.4 Å². The number of amides is 2. The number of carbonyl (C=O) groups excluding carboxylic acids is 2. The van der Waals surface area contributed by atoms with Crippen LogP contribution in [0.5, 0.6) is 0 Å². The first-order valence-corrected chi connectivity index (χ1v) is 14.9. The van der Waals surface area contributed by atoms with Crippen molar-refractivity contribution in [2.75, 3.05) is 18.1 Å². The third-order valence-corrected chi connectivity index (χ3v) is 8.29. The number of ether oxygens (including phenoxy) is 1. The summed E-state index contributed by atoms with van der Waals surface area (Å²) < 4.78 is 115. The maximum absolute atomic E-state index is 14.3. The summed E-state index contributed by atoms with van der Waals surface area (Å²) in [5.74, 6) is -5.68. The summed E-state index contributed by atoms with van der Waals surface area (Å²) in [6.45, 7) is 3.41. The minimum atomic E-state index is -10.1. The molecule has 4 rings (SSSR count). The Kier molecular flexibility index (Phi) is 7.86. The zero-order chi connectivity index (χ0) is 31.2. The molecular formula is C26H30F8N4O3S. The van der Waals surface area contributed by atoms with Crippen molar-refractivity contribution in [2.45, 2.75) is 74.1 Å². The topological polar surface area (TPSA) is 83.6 Å². The van der Waals surface area contributed by atoms with Crippen LogP contribution in [0.1, 0.15) is 51.1 Å². The van der Waals surface area contributed by atoms with E-state index >= 15 is 0 Å². The van der Waals surface area contributed by atoms with Gasteiger partial charge in [0.05, 0.1) is 18.4 Å². The van der Waals surface area contributed by atoms with Crippen molar-refractivity contribution in [2.24, 2.45) is 0 Å². The Balaban J connectivity index is 1.78. The molecule has 2 aromatic rings. The molecule has 2 heterocycles. The van der Waals surface area contributed by atoms with Crippen LogP contribution >= 0.6 is 10.2 Å². The highest BCUT2D eigenvalue weighted by atomic mass is 32.5. The van der Waals surface area contributed by atoms with Crippen LogP contribution in [0.2, 0.25) is 0 Å². The Morgan fingerprint density at radius 2 is 1.69 bits per heavy atom. The van der Waals surface area contributed by atoms with Crippen LogP contribution in [-0.4, -0.2) is 53.6 Å². The summed E-state index contributed by atoms with van der Waals surface area (Å²) in [5.41, 5.74) is -1.27. The van der Waals surface area contributed by atoms with Gasteiger partial charge in [-0.15, -0.1) is 0 Å². The van der Waals surface area contributed by atoms with E-state index in [1.54, 1.807) is 13.8 Å². The van der Waals surface area contributed by atoms with Gasteiger partial charge < -0.3 is 15.4 Å². The molecule has 0 bridgehead atoms. The quantitative estimate of drug-likeness (QED) is 0.346. The van der Waals surface area contributed by atoms with E-state index in [-0.39, 0.29) is 43.7 Å². The van der Waals surface area contributed by atoms with Gasteiger partial charge in [0.15, 0.2) is 0 Å². The van der Waals surface area contributed by atoms with E-state index in [0.29, 0.717) is 12.1 Å². The first-order valence-electron chi connectivity index (χ1n) is 13.0. The number of anilines is 1. The van der Waals surface area contributed by atoms with Crippen molar-refractivity contribution >= 4 is 27.7 Å². The van der Waals surface area contributed by atoms with Gasteiger partial charge in [0.25, 0.3) is 0 Å². The van der Waals surface area contributed by atoms with E-state index in [1.807, 2.05) is 0 Å². The van der Waals surface area contributed by atoms with Crippen LogP contribution in [0.4, 0.5) is 38.3 Å². The smallest absolute Gasteiger partial charge is 0.310 e. The van der Waals surface area contributed by atoms with E-state index in [2.05, 4.69) is 15.6 Å². The molecule has 16 heteroatoms. The zero-order valence-corrected chi connectivity index (χ0v) is 23.4. The number of nitrogens with one attached hydrogen (secondary N) is 2. The molecule has 2 N–H and O–H groups in total. The molecule has 234 valence electrons. The summed E-state index contributed by atoms with van der Waals surface area (Å²) in [4.78, 5) is 29.9. The van der Waals surface area contributed by atoms with Crippen LogP contribution in [0, 0.1) is 5.82 Å². The number of aromatic nitrogens is 1. The number of pyridine rings is 1. The van der Waals surface area contributed by atoms with Crippen LogP contribution in [0.15, 0.2) is 47.6 Å². The van der Waals surface area contributed by atoms with Gasteiger partial charge in [-0.1, -0.05) is 19.4 Å². The predicted octanol–water partition coefficient (Wildman–Crippen LogP) is 6.41. The fourth-order valence-corrected chi connectivity index (χ4v) is 5.49. The van der Waals surface area contributed by atoms with Gasteiger partial charge in [0.1, 0.15) is 22.8 Å². The largest absolute Gasteiger partial charge is 0.372 e. The Morgan fingerprint density at radius 3 is 2.21 bits per heavy atom. The fourth-order valence-electron chi connectivity index (χ4n) is 4.84. The van der Waals surface area contributed by atoms with Gasteiger partial charge in [0, 0.05) is 42.9 Å². The third-order valence-electron chi connectivity index (χ3n) is 7.12. The zero-order valence-electron chi connectivity index (χ0n) is 22.6. The minimum Gasteiger partial charge on any atom is -0.372 e. The molecule has 1 saturated carbocycles. The molecule has 2 aliphatic rings. The second-order valence-electron chi connectivity index (χ2n) is 11.2. The fraction of sp³-hybridized carbons (Fsp3) is 0.500. The lowest BCUT2D eigenvalue weighted by molar-refractivity contribution is -0.132. The monoisotopic (exact) mass is 630 g/mol.